The molecule has 2 aromatic carbocycles. The maximum atomic E-state index is 12.7. The van der Waals surface area contributed by atoms with Gasteiger partial charge in [-0.25, -0.2) is 13.2 Å². The monoisotopic (exact) mass is 409 g/mol. The highest BCUT2D eigenvalue weighted by molar-refractivity contribution is 7.92. The normalized spacial score (nSPS) is 15.4. The van der Waals surface area contributed by atoms with Crippen LogP contribution in [0, 0.1) is 0 Å². The number of aryl methyl sites for hydroxylation is 1. The van der Waals surface area contributed by atoms with Crippen molar-refractivity contribution in [3.63, 3.8) is 0 Å². The molecule has 0 aliphatic carbocycles. The molecule has 1 N–H and O–H groups in total. The van der Waals surface area contributed by atoms with Gasteiger partial charge in [-0.05, 0) is 68.7 Å². The van der Waals surface area contributed by atoms with Crippen molar-refractivity contribution in [2.75, 3.05) is 11.8 Å². The maximum absolute atomic E-state index is 12.7. The summed E-state index contributed by atoms with van der Waals surface area (Å²) < 4.78 is 38.5. The minimum Gasteiger partial charge on any atom is -0.488 e. The van der Waals surface area contributed by atoms with Gasteiger partial charge in [0.15, 0.2) is 0 Å². The number of anilines is 1. The van der Waals surface area contributed by atoms with Crippen LogP contribution in [-0.4, -0.2) is 27.1 Å². The number of hydrogen-bond donors (Lipinski definition) is 1. The standard InChI is InChI=1S/C19H20ClNO5S/c1-19(2)9-8-12-10-14(5-7-17(12)26-19)27(23,24)21-13-4-6-16(20)15(11-13)18(22)25-3/h4-7,10-11,21H,8-9H2,1-3H3. The van der Waals surface area contributed by atoms with Crippen LogP contribution < -0.4 is 9.46 Å². The lowest BCUT2D eigenvalue weighted by Crippen LogP contribution is -2.32. The van der Waals surface area contributed by atoms with Gasteiger partial charge in [-0.1, -0.05) is 11.6 Å². The predicted molar refractivity (Wildman–Crippen MR) is 103 cm³/mol. The highest BCUT2D eigenvalue weighted by atomic mass is 35.5. The molecule has 1 aliphatic rings. The summed E-state index contributed by atoms with van der Waals surface area (Å²) in [5, 5.41) is 0.179. The van der Waals surface area contributed by atoms with Gasteiger partial charge < -0.3 is 9.47 Å². The Hall–Kier alpha value is -2.25. The molecule has 0 saturated carbocycles. The number of benzene rings is 2. The van der Waals surface area contributed by atoms with Crippen LogP contribution in [0.5, 0.6) is 5.75 Å². The molecule has 0 spiro atoms. The van der Waals surface area contributed by atoms with Gasteiger partial charge in [0.25, 0.3) is 10.0 Å². The van der Waals surface area contributed by atoms with E-state index < -0.39 is 16.0 Å². The second-order valence-corrected chi connectivity index (χ2v) is 9.01. The number of esters is 1. The van der Waals surface area contributed by atoms with E-state index in [-0.39, 0.29) is 26.8 Å². The van der Waals surface area contributed by atoms with E-state index in [4.69, 9.17) is 16.3 Å². The Bertz CT molecular complexity index is 1000. The third-order valence-corrected chi connectivity index (χ3v) is 6.06. The molecule has 1 aliphatic heterocycles. The Labute approximate surface area is 163 Å². The third-order valence-electron chi connectivity index (χ3n) is 4.35. The molecule has 0 fully saturated rings. The van der Waals surface area contributed by atoms with Crippen molar-refractivity contribution in [1.29, 1.82) is 0 Å². The maximum Gasteiger partial charge on any atom is 0.339 e. The van der Waals surface area contributed by atoms with Crippen LogP contribution >= 0.6 is 11.6 Å². The van der Waals surface area contributed by atoms with Gasteiger partial charge in [0.2, 0.25) is 0 Å². The summed E-state index contributed by atoms with van der Waals surface area (Å²) >= 11 is 5.97. The van der Waals surface area contributed by atoms with Crippen molar-refractivity contribution in [2.24, 2.45) is 0 Å². The summed E-state index contributed by atoms with van der Waals surface area (Å²) in [6.45, 7) is 4.00. The zero-order valence-corrected chi connectivity index (χ0v) is 16.8. The van der Waals surface area contributed by atoms with Gasteiger partial charge >= 0.3 is 5.97 Å². The zero-order valence-electron chi connectivity index (χ0n) is 15.2. The van der Waals surface area contributed by atoms with Crippen LogP contribution in [0.2, 0.25) is 5.02 Å². The largest absolute Gasteiger partial charge is 0.488 e. The number of methoxy groups -OCH3 is 1. The van der Waals surface area contributed by atoms with E-state index in [0.29, 0.717) is 5.75 Å². The smallest absolute Gasteiger partial charge is 0.339 e. The van der Waals surface area contributed by atoms with Gasteiger partial charge in [-0.3, -0.25) is 4.72 Å². The van der Waals surface area contributed by atoms with Crippen LogP contribution in [-0.2, 0) is 21.2 Å². The fraction of sp³-hybridized carbons (Fsp3) is 0.316. The van der Waals surface area contributed by atoms with Crippen LogP contribution in [0.1, 0.15) is 36.2 Å². The first kappa shape index (κ1) is 19.5. The lowest BCUT2D eigenvalue weighted by atomic mass is 9.94. The summed E-state index contributed by atoms with van der Waals surface area (Å²) in [6.07, 6.45) is 1.54. The Morgan fingerprint density at radius 3 is 2.67 bits per heavy atom. The first-order valence-corrected chi connectivity index (χ1v) is 10.2. The molecule has 0 unspecified atom stereocenters. The molecule has 0 aromatic heterocycles. The molecule has 6 nitrogen and oxygen atoms in total. The molecule has 144 valence electrons. The number of halogens is 1. The summed E-state index contributed by atoms with van der Waals surface area (Å²) in [5.41, 5.74) is 0.887. The minimum absolute atomic E-state index is 0.0837. The van der Waals surface area contributed by atoms with E-state index in [0.717, 1.165) is 18.4 Å². The number of nitrogens with one attached hydrogen (secondary N) is 1. The molecule has 0 amide bonds. The second-order valence-electron chi connectivity index (χ2n) is 6.92. The van der Waals surface area contributed by atoms with Crippen molar-refractivity contribution in [3.8, 4) is 5.75 Å². The van der Waals surface area contributed by atoms with Gasteiger partial charge in [0.05, 0.1) is 22.6 Å². The van der Waals surface area contributed by atoms with E-state index >= 15 is 0 Å². The summed E-state index contributed by atoms with van der Waals surface area (Å²) in [4.78, 5) is 11.9. The Balaban J connectivity index is 1.89. The van der Waals surface area contributed by atoms with Gasteiger partial charge in [0.1, 0.15) is 11.4 Å². The average Bonchev–Trinajstić information content (AvgIpc) is 2.61. The lowest BCUT2D eigenvalue weighted by Gasteiger charge is -2.32. The highest BCUT2D eigenvalue weighted by Crippen LogP contribution is 2.34. The molecule has 8 heteroatoms. The van der Waals surface area contributed by atoms with E-state index in [1.807, 2.05) is 13.8 Å². The summed E-state index contributed by atoms with van der Waals surface area (Å²) in [7, 11) is -2.61. The first-order chi connectivity index (χ1) is 12.6. The number of fused-ring (bicyclic) bond motifs is 1. The topological polar surface area (TPSA) is 81.7 Å². The van der Waals surface area contributed by atoms with Crippen LogP contribution in [0.3, 0.4) is 0 Å². The molecule has 0 saturated heterocycles. The molecular formula is C19H20ClNO5S. The average molecular weight is 410 g/mol. The molecule has 0 atom stereocenters. The molecule has 3 rings (SSSR count). The number of carbonyl (C=O) groups excluding carboxylic acids is 1. The molecular weight excluding hydrogens is 390 g/mol. The highest BCUT2D eigenvalue weighted by Gasteiger charge is 2.28. The zero-order chi connectivity index (χ0) is 19.8. The van der Waals surface area contributed by atoms with Crippen molar-refractivity contribution in [1.82, 2.24) is 0 Å². The van der Waals surface area contributed by atoms with Crippen molar-refractivity contribution in [3.05, 3.63) is 52.5 Å². The number of sulfonamides is 1. The first-order valence-electron chi connectivity index (χ1n) is 8.34. The van der Waals surface area contributed by atoms with Crippen LogP contribution in [0.4, 0.5) is 5.69 Å². The summed E-state index contributed by atoms with van der Waals surface area (Å²) in [6, 6.07) is 9.05. The number of hydrogen-bond acceptors (Lipinski definition) is 5. The molecule has 0 bridgehead atoms. The molecule has 1 heterocycles. The van der Waals surface area contributed by atoms with E-state index in [1.54, 1.807) is 12.1 Å². The minimum atomic E-state index is -3.84. The Kier molecular flexibility index (Phi) is 5.10. The van der Waals surface area contributed by atoms with Crippen LogP contribution in [0.25, 0.3) is 0 Å². The third kappa shape index (κ3) is 4.20. The lowest BCUT2D eigenvalue weighted by molar-refractivity contribution is 0.0601. The Morgan fingerprint density at radius 2 is 1.96 bits per heavy atom. The SMILES string of the molecule is COC(=O)c1cc(NS(=O)(=O)c2ccc3c(c2)CCC(C)(C)O3)ccc1Cl. The second kappa shape index (κ2) is 7.05. The number of ether oxygens (including phenoxy) is 2. The van der Waals surface area contributed by atoms with Crippen LogP contribution in [0.15, 0.2) is 41.3 Å². The van der Waals surface area contributed by atoms with Gasteiger partial charge in [-0.2, -0.15) is 0 Å². The van der Waals surface area contributed by atoms with E-state index in [1.165, 1.54) is 31.4 Å². The van der Waals surface area contributed by atoms with Crippen molar-refractivity contribution < 1.29 is 22.7 Å². The van der Waals surface area contributed by atoms with Gasteiger partial charge in [-0.15, -0.1) is 0 Å². The number of carbonyl (C=O) groups is 1. The van der Waals surface area contributed by atoms with Gasteiger partial charge in [0, 0.05) is 5.69 Å². The molecule has 0 radical (unpaired) electrons. The summed E-state index contributed by atoms with van der Waals surface area (Å²) in [5.74, 6) is 0.0549. The fourth-order valence-electron chi connectivity index (χ4n) is 2.87. The van der Waals surface area contributed by atoms with E-state index in [2.05, 4.69) is 9.46 Å². The molecule has 27 heavy (non-hydrogen) atoms. The molecule has 2 aromatic rings. The fourth-order valence-corrected chi connectivity index (χ4v) is 4.17. The predicted octanol–water partition coefficient (Wildman–Crippen LogP) is 4.03. The quantitative estimate of drug-likeness (QED) is 0.771. The Morgan fingerprint density at radius 1 is 1.22 bits per heavy atom. The van der Waals surface area contributed by atoms with Crippen molar-refractivity contribution >= 4 is 33.3 Å². The number of rotatable bonds is 4. The van der Waals surface area contributed by atoms with Crippen molar-refractivity contribution in [2.45, 2.75) is 37.2 Å². The van der Waals surface area contributed by atoms with E-state index in [9.17, 15) is 13.2 Å².